The Morgan fingerprint density at radius 1 is 1.33 bits per heavy atom. The maximum absolute atomic E-state index is 11.5. The lowest BCUT2D eigenvalue weighted by molar-refractivity contribution is -0.146. The number of methoxy groups -OCH3 is 2. The molecule has 1 saturated heterocycles. The maximum Gasteiger partial charge on any atom is 0.340 e. The summed E-state index contributed by atoms with van der Waals surface area (Å²) in [6, 6.07) is 0. The van der Waals surface area contributed by atoms with E-state index in [-0.39, 0.29) is 11.6 Å². The molecule has 0 bridgehead atoms. The Morgan fingerprint density at radius 3 is 2.27 bits per heavy atom. The highest BCUT2D eigenvalue weighted by atomic mass is 16.7. The van der Waals surface area contributed by atoms with Gasteiger partial charge in [-0.05, 0) is 27.7 Å². The van der Waals surface area contributed by atoms with Gasteiger partial charge < -0.3 is 14.2 Å². The van der Waals surface area contributed by atoms with Crippen molar-refractivity contribution in [3.63, 3.8) is 0 Å². The van der Waals surface area contributed by atoms with Gasteiger partial charge in [-0.25, -0.2) is 4.79 Å². The first-order valence-corrected chi connectivity index (χ1v) is 5.04. The van der Waals surface area contributed by atoms with Crippen LogP contribution in [0, 0.1) is 0 Å². The second kappa shape index (κ2) is 3.46. The summed E-state index contributed by atoms with van der Waals surface area (Å²) in [6.07, 6.45) is 0.655. The molecule has 88 valence electrons. The van der Waals surface area contributed by atoms with E-state index in [0.717, 1.165) is 0 Å². The van der Waals surface area contributed by atoms with Gasteiger partial charge >= 0.3 is 5.97 Å². The SMILES string of the molecule is COC(=O)C1(C)OC1(C)CC(C)(C)OC. The molecular weight excluding hydrogens is 196 g/mol. The van der Waals surface area contributed by atoms with E-state index >= 15 is 0 Å². The first kappa shape index (κ1) is 12.5. The van der Waals surface area contributed by atoms with Crippen LogP contribution in [0.2, 0.25) is 0 Å². The molecule has 4 nitrogen and oxygen atoms in total. The molecule has 0 aliphatic carbocycles. The smallest absolute Gasteiger partial charge is 0.340 e. The number of rotatable bonds is 4. The molecule has 1 heterocycles. The molecule has 0 radical (unpaired) electrons. The molecule has 2 atom stereocenters. The van der Waals surface area contributed by atoms with E-state index in [1.165, 1.54) is 7.11 Å². The molecular formula is C11H20O4. The third-order valence-electron chi connectivity index (χ3n) is 3.29. The summed E-state index contributed by atoms with van der Waals surface area (Å²) in [5.41, 5.74) is -1.61. The monoisotopic (exact) mass is 216 g/mol. The Kier molecular flexibility index (Phi) is 2.87. The Hall–Kier alpha value is -0.610. The van der Waals surface area contributed by atoms with Crippen LogP contribution in [0.25, 0.3) is 0 Å². The highest BCUT2D eigenvalue weighted by molar-refractivity contribution is 5.84. The number of hydrogen-bond acceptors (Lipinski definition) is 4. The van der Waals surface area contributed by atoms with Gasteiger partial charge in [0.25, 0.3) is 0 Å². The van der Waals surface area contributed by atoms with Crippen molar-refractivity contribution in [1.82, 2.24) is 0 Å². The lowest BCUT2D eigenvalue weighted by Crippen LogP contribution is -2.37. The number of carbonyl (C=O) groups is 1. The lowest BCUT2D eigenvalue weighted by Gasteiger charge is -2.25. The van der Waals surface area contributed by atoms with E-state index in [1.807, 2.05) is 20.8 Å². The third kappa shape index (κ3) is 2.01. The summed E-state index contributed by atoms with van der Waals surface area (Å²) in [5.74, 6) is -0.322. The van der Waals surface area contributed by atoms with Crippen molar-refractivity contribution >= 4 is 5.97 Å². The normalized spacial score (nSPS) is 35.1. The highest BCUT2D eigenvalue weighted by Crippen LogP contribution is 2.53. The summed E-state index contributed by atoms with van der Waals surface area (Å²) in [7, 11) is 3.03. The van der Waals surface area contributed by atoms with Crippen molar-refractivity contribution in [2.45, 2.75) is 50.9 Å². The van der Waals surface area contributed by atoms with Crippen LogP contribution in [-0.2, 0) is 19.0 Å². The van der Waals surface area contributed by atoms with Crippen molar-refractivity contribution in [1.29, 1.82) is 0 Å². The molecule has 15 heavy (non-hydrogen) atoms. The summed E-state index contributed by atoms with van der Waals surface area (Å²) in [5, 5.41) is 0. The minimum Gasteiger partial charge on any atom is -0.467 e. The van der Waals surface area contributed by atoms with E-state index in [2.05, 4.69) is 0 Å². The molecule has 0 saturated carbocycles. The van der Waals surface area contributed by atoms with E-state index in [1.54, 1.807) is 14.0 Å². The second-order valence-electron chi connectivity index (χ2n) is 5.00. The van der Waals surface area contributed by atoms with Gasteiger partial charge in [-0.1, -0.05) is 0 Å². The van der Waals surface area contributed by atoms with Gasteiger partial charge in [-0.2, -0.15) is 0 Å². The van der Waals surface area contributed by atoms with Crippen molar-refractivity contribution in [3.8, 4) is 0 Å². The Balaban J connectivity index is 2.71. The molecule has 2 unspecified atom stereocenters. The van der Waals surface area contributed by atoms with Crippen LogP contribution in [0.1, 0.15) is 34.1 Å². The molecule has 0 aromatic heterocycles. The van der Waals surface area contributed by atoms with Gasteiger partial charge in [-0.15, -0.1) is 0 Å². The van der Waals surface area contributed by atoms with E-state index in [4.69, 9.17) is 14.2 Å². The molecule has 1 aliphatic rings. The number of epoxide rings is 1. The summed E-state index contributed by atoms with van der Waals surface area (Å²) in [4.78, 5) is 11.5. The van der Waals surface area contributed by atoms with E-state index in [0.29, 0.717) is 6.42 Å². The number of hydrogen-bond donors (Lipinski definition) is 0. The Morgan fingerprint density at radius 2 is 1.87 bits per heavy atom. The standard InChI is InChI=1S/C11H20O4/c1-9(2,14-6)7-10(3)11(4,15-10)8(12)13-5/h7H2,1-6H3. The quantitative estimate of drug-likeness (QED) is 0.528. The molecule has 0 aromatic rings. The van der Waals surface area contributed by atoms with Crippen molar-refractivity contribution in [2.75, 3.05) is 14.2 Å². The van der Waals surface area contributed by atoms with Gasteiger partial charge in [0.1, 0.15) is 5.60 Å². The zero-order chi connectivity index (χ0) is 11.9. The van der Waals surface area contributed by atoms with Crippen LogP contribution in [-0.4, -0.2) is 37.0 Å². The van der Waals surface area contributed by atoms with E-state index < -0.39 is 11.2 Å². The molecule has 0 amide bonds. The van der Waals surface area contributed by atoms with Crippen LogP contribution in [0.4, 0.5) is 0 Å². The minimum atomic E-state index is -0.822. The van der Waals surface area contributed by atoms with Crippen molar-refractivity contribution in [2.24, 2.45) is 0 Å². The van der Waals surface area contributed by atoms with Crippen LogP contribution in [0.15, 0.2) is 0 Å². The fourth-order valence-corrected chi connectivity index (χ4v) is 1.97. The number of ether oxygens (including phenoxy) is 3. The molecule has 1 rings (SSSR count). The van der Waals surface area contributed by atoms with Crippen molar-refractivity contribution < 1.29 is 19.0 Å². The topological polar surface area (TPSA) is 48.1 Å². The largest absolute Gasteiger partial charge is 0.467 e. The van der Waals surface area contributed by atoms with Gasteiger partial charge in [-0.3, -0.25) is 0 Å². The summed E-state index contributed by atoms with van der Waals surface area (Å²) < 4.78 is 15.6. The lowest BCUT2D eigenvalue weighted by atomic mass is 9.86. The Bertz CT molecular complexity index is 274. The number of carbonyl (C=O) groups excluding carboxylic acids is 1. The molecule has 1 fully saturated rings. The predicted molar refractivity (Wildman–Crippen MR) is 55.6 cm³/mol. The zero-order valence-electron chi connectivity index (χ0n) is 10.3. The zero-order valence-corrected chi connectivity index (χ0v) is 10.3. The second-order valence-corrected chi connectivity index (χ2v) is 5.00. The van der Waals surface area contributed by atoms with Gasteiger partial charge in [0.15, 0.2) is 5.60 Å². The predicted octanol–water partition coefficient (Wildman–Crippen LogP) is 1.52. The van der Waals surface area contributed by atoms with Crippen LogP contribution < -0.4 is 0 Å². The van der Waals surface area contributed by atoms with Gasteiger partial charge in [0, 0.05) is 13.5 Å². The number of esters is 1. The average Bonchev–Trinajstić information content (AvgIpc) is 2.67. The van der Waals surface area contributed by atoms with Crippen LogP contribution in [0.3, 0.4) is 0 Å². The van der Waals surface area contributed by atoms with Crippen LogP contribution in [0.5, 0.6) is 0 Å². The Labute approximate surface area is 90.9 Å². The van der Waals surface area contributed by atoms with Crippen LogP contribution >= 0.6 is 0 Å². The summed E-state index contributed by atoms with van der Waals surface area (Å²) >= 11 is 0. The fourth-order valence-electron chi connectivity index (χ4n) is 1.97. The molecule has 0 spiro atoms. The minimum absolute atomic E-state index is 0.305. The summed E-state index contributed by atoms with van der Waals surface area (Å²) in [6.45, 7) is 7.60. The average molecular weight is 216 g/mol. The van der Waals surface area contributed by atoms with Gasteiger partial charge in [0.05, 0.1) is 12.7 Å². The van der Waals surface area contributed by atoms with E-state index in [9.17, 15) is 4.79 Å². The maximum atomic E-state index is 11.5. The third-order valence-corrected chi connectivity index (χ3v) is 3.29. The molecule has 0 N–H and O–H groups in total. The molecule has 0 aromatic carbocycles. The first-order chi connectivity index (χ1) is 6.71. The first-order valence-electron chi connectivity index (χ1n) is 5.04. The highest BCUT2D eigenvalue weighted by Gasteiger charge is 2.70. The van der Waals surface area contributed by atoms with Gasteiger partial charge in [0.2, 0.25) is 0 Å². The molecule has 1 aliphatic heterocycles. The van der Waals surface area contributed by atoms with Crippen molar-refractivity contribution in [3.05, 3.63) is 0 Å². The fraction of sp³-hybridized carbons (Fsp3) is 0.909. The molecule has 4 heteroatoms.